The maximum Gasteiger partial charge on any atom is 0.168 e. The summed E-state index contributed by atoms with van der Waals surface area (Å²) in [5.41, 5.74) is 11.7. The van der Waals surface area contributed by atoms with Gasteiger partial charge in [0.2, 0.25) is 0 Å². The fourth-order valence-corrected chi connectivity index (χ4v) is 8.78. The lowest BCUT2D eigenvalue weighted by Crippen LogP contribution is -2.34. The van der Waals surface area contributed by atoms with E-state index in [0.29, 0.717) is 0 Å². The number of aliphatic imine (C=N–C) groups is 2. The Morgan fingerprint density at radius 2 is 1.20 bits per heavy atom. The van der Waals surface area contributed by atoms with E-state index in [-0.39, 0.29) is 17.6 Å². The number of hydrogen-bond donors (Lipinski definition) is 0. The van der Waals surface area contributed by atoms with E-state index >= 15 is 0 Å². The normalized spacial score (nSPS) is 19.0. The van der Waals surface area contributed by atoms with Crippen molar-refractivity contribution in [1.29, 1.82) is 0 Å². The molecule has 2 unspecified atom stereocenters. The van der Waals surface area contributed by atoms with Crippen LogP contribution >= 0.6 is 0 Å². The molecule has 7 aromatic rings. The van der Waals surface area contributed by atoms with Crippen LogP contribution in [0.2, 0.25) is 0 Å². The number of amidine groups is 1. The molecule has 0 fully saturated rings. The highest BCUT2D eigenvalue weighted by molar-refractivity contribution is 6.19. The van der Waals surface area contributed by atoms with Gasteiger partial charge in [-0.05, 0) is 72.6 Å². The molecular weight excluding hydrogens is 560 g/mol. The second-order valence-electron chi connectivity index (χ2n) is 12.8. The molecule has 2 aliphatic carbocycles. The Balaban J connectivity index is 1.16. The Labute approximate surface area is 266 Å². The van der Waals surface area contributed by atoms with Crippen molar-refractivity contribution in [3.05, 3.63) is 185 Å². The molecule has 3 nitrogen and oxygen atoms in total. The third-order valence-electron chi connectivity index (χ3n) is 10.6. The van der Waals surface area contributed by atoms with Crippen molar-refractivity contribution in [2.45, 2.75) is 17.6 Å². The van der Waals surface area contributed by atoms with E-state index in [4.69, 9.17) is 14.7 Å². The molecule has 7 aromatic carbocycles. The summed E-state index contributed by atoms with van der Waals surface area (Å²) in [5, 5.41) is 5.35. The molecular formula is C43H26N2O. The van der Waals surface area contributed by atoms with E-state index in [1.807, 2.05) is 18.2 Å². The van der Waals surface area contributed by atoms with E-state index in [0.717, 1.165) is 34.0 Å². The smallest absolute Gasteiger partial charge is 0.168 e. The predicted molar refractivity (Wildman–Crippen MR) is 185 cm³/mol. The summed E-state index contributed by atoms with van der Waals surface area (Å²) < 4.78 is 6.49. The van der Waals surface area contributed by atoms with Crippen molar-refractivity contribution >= 4 is 33.1 Å². The highest BCUT2D eigenvalue weighted by Gasteiger charge is 2.51. The maximum absolute atomic E-state index is 6.49. The highest BCUT2D eigenvalue weighted by atomic mass is 16.5. The van der Waals surface area contributed by atoms with Gasteiger partial charge in [0.1, 0.15) is 11.8 Å². The lowest BCUT2D eigenvalue weighted by molar-refractivity contribution is 0.275. The van der Waals surface area contributed by atoms with E-state index in [9.17, 15) is 0 Å². The average molecular weight is 587 g/mol. The molecule has 214 valence electrons. The minimum Gasteiger partial charge on any atom is -0.481 e. The molecule has 11 rings (SSSR count). The van der Waals surface area contributed by atoms with Gasteiger partial charge in [0.15, 0.2) is 11.9 Å². The molecule has 0 amide bonds. The van der Waals surface area contributed by atoms with Gasteiger partial charge in [-0.3, -0.25) is 4.99 Å². The summed E-state index contributed by atoms with van der Waals surface area (Å²) in [6.45, 7) is 0. The maximum atomic E-state index is 6.49. The van der Waals surface area contributed by atoms with Crippen molar-refractivity contribution in [2.24, 2.45) is 9.98 Å². The molecule has 0 aromatic heterocycles. The zero-order valence-corrected chi connectivity index (χ0v) is 24.8. The van der Waals surface area contributed by atoms with Crippen molar-refractivity contribution in [2.75, 3.05) is 0 Å². The fourth-order valence-electron chi connectivity index (χ4n) is 8.78. The molecule has 46 heavy (non-hydrogen) atoms. The first-order valence-electron chi connectivity index (χ1n) is 16.0. The monoisotopic (exact) mass is 586 g/mol. The van der Waals surface area contributed by atoms with Crippen molar-refractivity contribution < 1.29 is 4.74 Å². The lowest BCUT2D eigenvalue weighted by Gasteiger charge is -2.31. The molecule has 0 saturated carbocycles. The zero-order chi connectivity index (χ0) is 30.0. The standard InChI is InChI=1S/C43H26N2O/c1-2-10-27(11-3-1)39-41-40(30-15-5-7-19-36(30)46-41)45-42(44-39)28-22-23-33-31(24-28)29-14-4-6-16-32(29)43(33)34-17-8-12-25-20-21-26-13-9-18-35(43)38(26)37(25)34/h1-24,40-41H. The quantitative estimate of drug-likeness (QED) is 0.186. The Morgan fingerprint density at radius 3 is 2.00 bits per heavy atom. The summed E-state index contributed by atoms with van der Waals surface area (Å²) in [7, 11) is 0. The van der Waals surface area contributed by atoms with E-state index < -0.39 is 0 Å². The van der Waals surface area contributed by atoms with Gasteiger partial charge in [-0.15, -0.1) is 0 Å². The number of para-hydroxylation sites is 1. The van der Waals surface area contributed by atoms with Crippen LogP contribution in [0.25, 0.3) is 32.7 Å². The van der Waals surface area contributed by atoms with Gasteiger partial charge in [0.05, 0.1) is 11.1 Å². The third kappa shape index (κ3) is 2.94. The van der Waals surface area contributed by atoms with E-state index in [1.165, 1.54) is 54.9 Å². The molecule has 2 atom stereocenters. The zero-order valence-electron chi connectivity index (χ0n) is 24.8. The van der Waals surface area contributed by atoms with Crippen molar-refractivity contribution in [3.8, 4) is 16.9 Å². The minimum atomic E-state index is -0.372. The van der Waals surface area contributed by atoms with E-state index in [1.54, 1.807) is 0 Å². The predicted octanol–water partition coefficient (Wildman–Crippen LogP) is 9.42. The second-order valence-corrected chi connectivity index (χ2v) is 12.8. The topological polar surface area (TPSA) is 34.0 Å². The molecule has 0 bridgehead atoms. The van der Waals surface area contributed by atoms with Crippen LogP contribution in [0.4, 0.5) is 0 Å². The van der Waals surface area contributed by atoms with Crippen LogP contribution in [-0.2, 0) is 5.41 Å². The Bertz CT molecular complexity index is 2460. The lowest BCUT2D eigenvalue weighted by atomic mass is 9.70. The van der Waals surface area contributed by atoms with Crippen molar-refractivity contribution in [1.82, 2.24) is 0 Å². The summed E-state index contributed by atoms with van der Waals surface area (Å²) in [5.74, 6) is 1.64. The SMILES string of the molecule is c1ccc(C2=NC(c3ccc4c(c3)-c3ccccc3C43c4cccc5ccc6cccc3c6c45)=NC3c4ccccc4OC23)cc1. The molecule has 0 N–H and O–H groups in total. The largest absolute Gasteiger partial charge is 0.481 e. The molecule has 0 radical (unpaired) electrons. The third-order valence-corrected chi connectivity index (χ3v) is 10.6. The van der Waals surface area contributed by atoms with Crippen LogP contribution < -0.4 is 4.74 Å². The van der Waals surface area contributed by atoms with Crippen molar-refractivity contribution in [3.63, 3.8) is 0 Å². The van der Waals surface area contributed by atoms with Gasteiger partial charge in [-0.25, -0.2) is 4.99 Å². The fraction of sp³-hybridized carbons (Fsp3) is 0.0698. The molecule has 3 heteroatoms. The highest BCUT2D eigenvalue weighted by Crippen LogP contribution is 2.62. The van der Waals surface area contributed by atoms with Gasteiger partial charge < -0.3 is 4.74 Å². The number of ether oxygens (including phenoxy) is 1. The number of rotatable bonds is 2. The second kappa shape index (κ2) is 8.68. The first kappa shape index (κ1) is 24.5. The van der Waals surface area contributed by atoms with Gasteiger partial charge in [-0.1, -0.05) is 133 Å². The number of hydrogen-bond acceptors (Lipinski definition) is 3. The Hall–Kier alpha value is -5.80. The molecule has 2 heterocycles. The first-order valence-corrected chi connectivity index (χ1v) is 16.0. The van der Waals surface area contributed by atoms with Crippen LogP contribution in [0.5, 0.6) is 5.75 Å². The number of nitrogens with zero attached hydrogens (tertiary/aromatic N) is 2. The average Bonchev–Trinajstić information content (AvgIpc) is 3.75. The Morgan fingerprint density at radius 1 is 0.522 bits per heavy atom. The van der Waals surface area contributed by atoms with Crippen LogP contribution in [0.3, 0.4) is 0 Å². The summed E-state index contributed by atoms with van der Waals surface area (Å²) in [6.07, 6.45) is -0.250. The summed E-state index contributed by atoms with van der Waals surface area (Å²) in [6, 6.07) is 52.6. The van der Waals surface area contributed by atoms with Gasteiger partial charge >= 0.3 is 0 Å². The molecule has 1 spiro atoms. The first-order chi connectivity index (χ1) is 22.8. The van der Waals surface area contributed by atoms with Gasteiger partial charge in [0, 0.05) is 11.1 Å². The summed E-state index contributed by atoms with van der Waals surface area (Å²) in [4.78, 5) is 10.6. The number of fused-ring (bicyclic) bond motifs is 10. The number of benzene rings is 7. The molecule has 2 aliphatic heterocycles. The van der Waals surface area contributed by atoms with E-state index in [2.05, 4.69) is 127 Å². The molecule has 0 saturated heterocycles. The van der Waals surface area contributed by atoms with Crippen LogP contribution in [0, 0.1) is 0 Å². The minimum absolute atomic E-state index is 0.148. The van der Waals surface area contributed by atoms with Gasteiger partial charge in [0.25, 0.3) is 0 Å². The van der Waals surface area contributed by atoms with Crippen LogP contribution in [0.15, 0.2) is 156 Å². The van der Waals surface area contributed by atoms with Crippen LogP contribution in [0.1, 0.15) is 45.0 Å². The van der Waals surface area contributed by atoms with Gasteiger partial charge in [-0.2, -0.15) is 0 Å². The van der Waals surface area contributed by atoms with Crippen LogP contribution in [-0.4, -0.2) is 17.7 Å². The Kier molecular flexibility index (Phi) is 4.62. The summed E-state index contributed by atoms with van der Waals surface area (Å²) >= 11 is 0. The molecule has 4 aliphatic rings.